The largest absolute Gasteiger partial charge is 0.493 e. The molecule has 0 saturated carbocycles. The molecule has 2 heterocycles. The summed E-state index contributed by atoms with van der Waals surface area (Å²) in [6, 6.07) is 5.69. The van der Waals surface area contributed by atoms with Crippen LogP contribution in [0.3, 0.4) is 0 Å². The smallest absolute Gasteiger partial charge is 0.220 e. The van der Waals surface area contributed by atoms with Crippen molar-refractivity contribution in [3.63, 3.8) is 0 Å². The topological polar surface area (TPSA) is 63.5 Å². The first kappa shape index (κ1) is 10.2. The molecule has 0 unspecified atom stereocenters. The maximum absolute atomic E-state index is 8.95. The predicted octanol–water partition coefficient (Wildman–Crippen LogP) is 1.49. The second kappa shape index (κ2) is 3.82. The molecule has 5 nitrogen and oxygen atoms in total. The zero-order valence-electron chi connectivity index (χ0n) is 9.40. The van der Waals surface area contributed by atoms with Gasteiger partial charge in [-0.3, -0.25) is 0 Å². The van der Waals surface area contributed by atoms with Gasteiger partial charge in [0.05, 0.1) is 37.1 Å². The van der Waals surface area contributed by atoms with Gasteiger partial charge in [-0.25, -0.2) is 0 Å². The highest BCUT2D eigenvalue weighted by Gasteiger charge is 2.36. The number of ether oxygens (including phenoxy) is 3. The van der Waals surface area contributed by atoms with Crippen LogP contribution in [0.4, 0.5) is 5.69 Å². The average molecular weight is 232 g/mol. The Morgan fingerprint density at radius 1 is 1.53 bits per heavy atom. The second-order valence-electron chi connectivity index (χ2n) is 4.06. The van der Waals surface area contributed by atoms with Crippen LogP contribution in [0.2, 0.25) is 0 Å². The van der Waals surface area contributed by atoms with Gasteiger partial charge in [0.15, 0.2) is 11.5 Å². The molecule has 0 spiro atoms. The molecule has 1 saturated heterocycles. The van der Waals surface area contributed by atoms with E-state index in [1.54, 1.807) is 19.2 Å². The van der Waals surface area contributed by atoms with Crippen molar-refractivity contribution in [1.82, 2.24) is 0 Å². The van der Waals surface area contributed by atoms with Gasteiger partial charge in [-0.05, 0) is 12.5 Å². The van der Waals surface area contributed by atoms with E-state index in [-0.39, 0.29) is 12.3 Å². The van der Waals surface area contributed by atoms with Crippen LogP contribution in [0.1, 0.15) is 12.0 Å². The number of hydrogen-bond acceptors (Lipinski definition) is 5. The lowest BCUT2D eigenvalue weighted by molar-refractivity contribution is -0.0486. The first-order chi connectivity index (χ1) is 8.31. The van der Waals surface area contributed by atoms with Gasteiger partial charge in [0.2, 0.25) is 6.29 Å². The molecule has 2 aliphatic heterocycles. The maximum atomic E-state index is 8.95. The summed E-state index contributed by atoms with van der Waals surface area (Å²) in [5, 5.41) is 12.3. The first-order valence-corrected chi connectivity index (χ1v) is 5.49. The Labute approximate surface area is 98.9 Å². The van der Waals surface area contributed by atoms with Crippen molar-refractivity contribution in [3.05, 3.63) is 17.7 Å². The fourth-order valence-electron chi connectivity index (χ4n) is 2.18. The normalized spacial score (nSPS) is 24.9. The van der Waals surface area contributed by atoms with Crippen molar-refractivity contribution in [1.29, 1.82) is 5.26 Å². The predicted molar refractivity (Wildman–Crippen MR) is 60.1 cm³/mol. The Morgan fingerprint density at radius 3 is 3.18 bits per heavy atom. The molecule has 1 fully saturated rings. The van der Waals surface area contributed by atoms with Gasteiger partial charge in [-0.2, -0.15) is 5.26 Å². The fraction of sp³-hybridized carbons (Fsp3) is 0.417. The minimum absolute atomic E-state index is 0.154. The monoisotopic (exact) mass is 232 g/mol. The lowest BCUT2D eigenvalue weighted by atomic mass is 10.1. The summed E-state index contributed by atoms with van der Waals surface area (Å²) >= 11 is 0. The van der Waals surface area contributed by atoms with Crippen LogP contribution in [0.25, 0.3) is 0 Å². The number of nitrogens with zero attached hydrogens (tertiary/aromatic N) is 1. The van der Waals surface area contributed by atoms with Gasteiger partial charge < -0.3 is 19.5 Å². The highest BCUT2D eigenvalue weighted by Crippen LogP contribution is 2.42. The van der Waals surface area contributed by atoms with Gasteiger partial charge in [0, 0.05) is 6.07 Å². The summed E-state index contributed by atoms with van der Waals surface area (Å²) in [4.78, 5) is 0. The number of anilines is 1. The average Bonchev–Trinajstić information content (AvgIpc) is 2.81. The third-order valence-corrected chi connectivity index (χ3v) is 3.02. The molecule has 3 rings (SSSR count). The van der Waals surface area contributed by atoms with E-state index in [0.717, 1.165) is 12.1 Å². The minimum atomic E-state index is -0.260. The molecular weight excluding hydrogens is 220 g/mol. The summed E-state index contributed by atoms with van der Waals surface area (Å²) in [6.07, 6.45) is 0.646. The van der Waals surface area contributed by atoms with Gasteiger partial charge >= 0.3 is 0 Å². The van der Waals surface area contributed by atoms with E-state index in [0.29, 0.717) is 23.7 Å². The third kappa shape index (κ3) is 1.58. The van der Waals surface area contributed by atoms with Gasteiger partial charge in [0.25, 0.3) is 0 Å². The van der Waals surface area contributed by atoms with Crippen LogP contribution in [-0.4, -0.2) is 26.0 Å². The van der Waals surface area contributed by atoms with Crippen LogP contribution in [-0.2, 0) is 4.74 Å². The summed E-state index contributed by atoms with van der Waals surface area (Å²) in [5.41, 5.74) is 1.35. The molecular formula is C12H12N2O3. The summed E-state index contributed by atoms with van der Waals surface area (Å²) < 4.78 is 16.5. The van der Waals surface area contributed by atoms with Crippen molar-refractivity contribution in [2.45, 2.75) is 18.8 Å². The highest BCUT2D eigenvalue weighted by atomic mass is 16.7. The Morgan fingerprint density at radius 2 is 2.41 bits per heavy atom. The van der Waals surface area contributed by atoms with Gasteiger partial charge in [-0.1, -0.05) is 0 Å². The van der Waals surface area contributed by atoms with Crippen LogP contribution in [0.5, 0.6) is 11.5 Å². The zero-order chi connectivity index (χ0) is 11.8. The maximum Gasteiger partial charge on any atom is 0.220 e. The van der Waals surface area contributed by atoms with E-state index >= 15 is 0 Å². The van der Waals surface area contributed by atoms with Crippen molar-refractivity contribution in [3.8, 4) is 17.6 Å². The van der Waals surface area contributed by atoms with Gasteiger partial charge in [0.1, 0.15) is 0 Å². The van der Waals surface area contributed by atoms with Crippen molar-refractivity contribution in [2.75, 3.05) is 19.0 Å². The Bertz CT molecular complexity index is 495. The van der Waals surface area contributed by atoms with E-state index in [2.05, 4.69) is 11.4 Å². The molecule has 2 atom stereocenters. The molecule has 1 N–H and O–H groups in total. The molecule has 2 aliphatic rings. The quantitative estimate of drug-likeness (QED) is 0.794. The number of methoxy groups -OCH3 is 1. The number of nitrogens with one attached hydrogen (secondary N) is 1. The van der Waals surface area contributed by atoms with E-state index in [1.807, 2.05) is 0 Å². The molecule has 17 heavy (non-hydrogen) atoms. The molecule has 1 aromatic rings. The number of benzene rings is 1. The molecule has 0 bridgehead atoms. The molecule has 5 heteroatoms. The standard InChI is InChI=1S/C12H12N2O3/c1-15-10-5-7(6-13)4-9-11(10)17-12-8(14-9)2-3-16-12/h4-5,8,12,14H,2-3H2,1H3/t8-,12-/m0/s1. The summed E-state index contributed by atoms with van der Waals surface area (Å²) in [7, 11) is 1.56. The lowest BCUT2D eigenvalue weighted by Crippen LogP contribution is -2.38. The van der Waals surface area contributed by atoms with Crippen molar-refractivity contribution in [2.24, 2.45) is 0 Å². The molecule has 88 valence electrons. The Kier molecular flexibility index (Phi) is 2.30. The fourth-order valence-corrected chi connectivity index (χ4v) is 2.18. The number of hydrogen-bond donors (Lipinski definition) is 1. The van der Waals surface area contributed by atoms with Crippen LogP contribution in [0, 0.1) is 11.3 Å². The summed E-state index contributed by atoms with van der Waals surface area (Å²) in [5.74, 6) is 1.18. The van der Waals surface area contributed by atoms with E-state index in [1.165, 1.54) is 0 Å². The van der Waals surface area contributed by atoms with Crippen LogP contribution >= 0.6 is 0 Å². The molecule has 0 aliphatic carbocycles. The number of fused-ring (bicyclic) bond motifs is 2. The SMILES string of the molecule is COc1cc(C#N)cc2c1O[C@@H]1OCC[C@@H]1N2. The first-order valence-electron chi connectivity index (χ1n) is 5.49. The lowest BCUT2D eigenvalue weighted by Gasteiger charge is -2.30. The number of nitriles is 1. The molecule has 0 aromatic heterocycles. The third-order valence-electron chi connectivity index (χ3n) is 3.02. The van der Waals surface area contributed by atoms with Crippen molar-refractivity contribution >= 4 is 5.69 Å². The Balaban J connectivity index is 2.05. The van der Waals surface area contributed by atoms with E-state index in [9.17, 15) is 0 Å². The molecule has 0 amide bonds. The van der Waals surface area contributed by atoms with Gasteiger partial charge in [-0.15, -0.1) is 0 Å². The van der Waals surface area contributed by atoms with E-state index in [4.69, 9.17) is 19.5 Å². The van der Waals surface area contributed by atoms with Crippen molar-refractivity contribution < 1.29 is 14.2 Å². The molecule has 0 radical (unpaired) electrons. The minimum Gasteiger partial charge on any atom is -0.493 e. The zero-order valence-corrected chi connectivity index (χ0v) is 9.40. The second-order valence-corrected chi connectivity index (χ2v) is 4.06. The van der Waals surface area contributed by atoms with E-state index < -0.39 is 0 Å². The molecule has 1 aromatic carbocycles. The number of rotatable bonds is 1. The van der Waals surface area contributed by atoms with Crippen LogP contribution in [0.15, 0.2) is 12.1 Å². The summed E-state index contributed by atoms with van der Waals surface area (Å²) in [6.45, 7) is 0.684. The Hall–Kier alpha value is -1.93. The highest BCUT2D eigenvalue weighted by molar-refractivity contribution is 5.68. The van der Waals surface area contributed by atoms with Crippen LogP contribution < -0.4 is 14.8 Å².